The summed E-state index contributed by atoms with van der Waals surface area (Å²) in [5.41, 5.74) is 3.27. The summed E-state index contributed by atoms with van der Waals surface area (Å²) in [6.07, 6.45) is 1.16. The Morgan fingerprint density at radius 3 is 2.05 bits per heavy atom. The summed E-state index contributed by atoms with van der Waals surface area (Å²) < 4.78 is 5.67. The van der Waals surface area contributed by atoms with Gasteiger partial charge in [-0.25, -0.2) is 4.79 Å². The van der Waals surface area contributed by atoms with E-state index < -0.39 is 60.4 Å². The molecule has 3 aromatic carbocycles. The number of carbonyl (C=O) groups is 6. The van der Waals surface area contributed by atoms with Gasteiger partial charge in [-0.1, -0.05) is 72.8 Å². The summed E-state index contributed by atoms with van der Waals surface area (Å²) in [5.74, 6) is -3.69. The number of unbranched alkanes of at least 4 members (excludes halogenated alkanes) is 1. The molecule has 0 unspecified atom stereocenters. The number of aliphatic carboxylic acids is 1. The number of carboxylic acid groups (broad SMARTS) is 1. The Hall–Kier alpha value is -6.02. The van der Waals surface area contributed by atoms with Gasteiger partial charge in [0.2, 0.25) is 23.6 Å². The van der Waals surface area contributed by atoms with Crippen LogP contribution in [0.1, 0.15) is 42.2 Å². The number of carboxylic acids is 1. The highest BCUT2D eigenvalue weighted by molar-refractivity contribution is 7.09. The maximum Gasteiger partial charge on any atom is 0.326 e. The topological polar surface area (TPSA) is 192 Å². The molecule has 1 aromatic heterocycles. The summed E-state index contributed by atoms with van der Waals surface area (Å²) in [6, 6.07) is 22.6. The Labute approximate surface area is 323 Å². The minimum atomic E-state index is -1.33. The van der Waals surface area contributed by atoms with Crippen LogP contribution in [0.25, 0.3) is 11.1 Å². The van der Waals surface area contributed by atoms with Gasteiger partial charge in [-0.15, -0.1) is 11.3 Å². The normalized spacial score (nSPS) is 19.7. The molecule has 0 fully saturated rings. The molecule has 14 heteroatoms. The van der Waals surface area contributed by atoms with E-state index in [1.54, 1.807) is 24.3 Å². The minimum absolute atomic E-state index is 0.0397. The van der Waals surface area contributed by atoms with Crippen molar-refractivity contribution in [3.05, 3.63) is 112 Å². The van der Waals surface area contributed by atoms with Crippen molar-refractivity contribution < 1.29 is 38.6 Å². The fourth-order valence-electron chi connectivity index (χ4n) is 6.11. The van der Waals surface area contributed by atoms with Gasteiger partial charge in [0.15, 0.2) is 6.61 Å². The van der Waals surface area contributed by atoms with Gasteiger partial charge in [0.05, 0.1) is 0 Å². The molecular weight excluding hydrogens is 723 g/mol. The molecule has 0 aliphatic carbocycles. The van der Waals surface area contributed by atoms with Crippen molar-refractivity contribution in [1.29, 1.82) is 0 Å². The number of hydrogen-bond acceptors (Lipinski definition) is 8. The van der Waals surface area contributed by atoms with Gasteiger partial charge in [-0.3, -0.25) is 24.0 Å². The Bertz CT molecular complexity index is 1920. The predicted octanol–water partition coefficient (Wildman–Crippen LogP) is 3.17. The molecule has 2 aliphatic heterocycles. The van der Waals surface area contributed by atoms with Crippen molar-refractivity contribution in [1.82, 2.24) is 26.6 Å². The van der Waals surface area contributed by atoms with E-state index >= 15 is 0 Å². The van der Waals surface area contributed by atoms with Crippen LogP contribution < -0.4 is 31.3 Å². The van der Waals surface area contributed by atoms with Gasteiger partial charge in [0, 0.05) is 37.6 Å². The van der Waals surface area contributed by atoms with Crippen LogP contribution in [-0.4, -0.2) is 77.9 Å². The monoisotopic (exact) mass is 767 g/mol. The first-order valence-corrected chi connectivity index (χ1v) is 19.0. The smallest absolute Gasteiger partial charge is 0.326 e. The SMILES string of the molecule is CC(=O)NCCCC[C@@H]1NC(=O)[C@H](Cc2ccc(-c3ccccc3)cc2)NC(=O)[C@H](Cc2cccs2)NC(=O)COc2ccc(cc2)C[C@@H](C(=O)O)NC1=O. The van der Waals surface area contributed by atoms with Gasteiger partial charge >= 0.3 is 5.97 Å². The van der Waals surface area contributed by atoms with Crippen molar-refractivity contribution in [2.45, 2.75) is 69.6 Å². The third-order valence-corrected chi connectivity index (χ3v) is 9.94. The van der Waals surface area contributed by atoms with Crippen molar-refractivity contribution in [3.63, 3.8) is 0 Å². The van der Waals surface area contributed by atoms with Gasteiger partial charge in [-0.2, -0.15) is 0 Å². The number of thiophene rings is 1. The van der Waals surface area contributed by atoms with Gasteiger partial charge in [-0.05, 0) is 65.1 Å². The molecule has 0 spiro atoms. The number of nitrogens with one attached hydrogen (secondary N) is 5. The Kier molecular flexibility index (Phi) is 14.5. The number of ether oxygens (including phenoxy) is 1. The van der Waals surface area contributed by atoms with E-state index in [1.807, 2.05) is 72.1 Å². The molecule has 4 aromatic rings. The van der Waals surface area contributed by atoms with Crippen LogP contribution in [0.15, 0.2) is 96.4 Å². The first kappa shape index (κ1) is 40.2. The average Bonchev–Trinajstić information content (AvgIpc) is 3.69. The molecule has 0 radical (unpaired) electrons. The largest absolute Gasteiger partial charge is 0.484 e. The van der Waals surface area contributed by atoms with E-state index in [0.717, 1.165) is 21.6 Å². The molecule has 288 valence electrons. The molecule has 2 bridgehead atoms. The van der Waals surface area contributed by atoms with E-state index in [-0.39, 0.29) is 31.6 Å². The van der Waals surface area contributed by atoms with Crippen molar-refractivity contribution in [3.8, 4) is 16.9 Å². The standard InChI is InChI=1S/C41H45N5O8S/c1-26(47)42-20-6-5-11-33-38(49)46-36(41(52)53)23-28-14-18-31(19-15-28)54-25-37(48)43-35(24-32-10-7-21-55-32)40(51)45-34(39(50)44-33)22-27-12-16-30(17-13-27)29-8-3-2-4-9-29/h2-4,7-10,12-19,21,33-36H,5-6,11,20,22-25H2,1H3,(H,42,47)(H,43,48)(H,44,50)(H,45,51)(H,46,49)(H,52,53)/t33-,34-,35-,36-/m0/s1. The number of benzene rings is 3. The maximum atomic E-state index is 14.2. The molecule has 3 heterocycles. The fourth-order valence-corrected chi connectivity index (χ4v) is 6.87. The summed E-state index contributed by atoms with van der Waals surface area (Å²) in [4.78, 5) is 79.8. The zero-order valence-corrected chi connectivity index (χ0v) is 31.2. The van der Waals surface area contributed by atoms with Crippen molar-refractivity contribution >= 4 is 46.8 Å². The summed E-state index contributed by atoms with van der Waals surface area (Å²) >= 11 is 1.42. The van der Waals surface area contributed by atoms with Gasteiger partial charge < -0.3 is 36.4 Å². The number of rotatable bonds is 11. The lowest BCUT2D eigenvalue weighted by atomic mass is 9.99. The first-order valence-electron chi connectivity index (χ1n) is 18.1. The van der Waals surface area contributed by atoms with E-state index in [1.165, 1.54) is 18.3 Å². The Balaban J connectivity index is 1.46. The Morgan fingerprint density at radius 1 is 0.745 bits per heavy atom. The van der Waals surface area contributed by atoms with Crippen LogP contribution in [0.2, 0.25) is 0 Å². The maximum absolute atomic E-state index is 14.2. The summed E-state index contributed by atoms with van der Waals surface area (Å²) in [6.45, 7) is 1.35. The molecule has 6 rings (SSSR count). The zero-order chi connectivity index (χ0) is 39.2. The fraction of sp³-hybridized carbons (Fsp3) is 0.317. The predicted molar refractivity (Wildman–Crippen MR) is 207 cm³/mol. The van der Waals surface area contributed by atoms with Crippen LogP contribution >= 0.6 is 11.3 Å². The zero-order valence-electron chi connectivity index (χ0n) is 30.4. The highest BCUT2D eigenvalue weighted by Crippen LogP contribution is 2.21. The molecule has 55 heavy (non-hydrogen) atoms. The second-order valence-electron chi connectivity index (χ2n) is 13.3. The lowest BCUT2D eigenvalue weighted by Gasteiger charge is -2.26. The Morgan fingerprint density at radius 2 is 1.40 bits per heavy atom. The van der Waals surface area contributed by atoms with E-state index in [9.17, 15) is 33.9 Å². The second-order valence-corrected chi connectivity index (χ2v) is 14.3. The molecule has 2 aliphatic rings. The van der Waals surface area contributed by atoms with Crippen molar-refractivity contribution in [2.75, 3.05) is 13.2 Å². The van der Waals surface area contributed by atoms with Crippen LogP contribution in [0.5, 0.6) is 5.75 Å². The van der Waals surface area contributed by atoms with Crippen molar-refractivity contribution in [2.24, 2.45) is 0 Å². The molecule has 4 atom stereocenters. The molecule has 5 amide bonds. The molecule has 6 N–H and O–H groups in total. The number of fused-ring (bicyclic) bond motifs is 16. The average molecular weight is 768 g/mol. The van der Waals surface area contributed by atoms with Crippen LogP contribution in [0.4, 0.5) is 0 Å². The molecule has 0 saturated carbocycles. The lowest BCUT2D eigenvalue weighted by Crippen LogP contribution is -2.58. The van der Waals surface area contributed by atoms with E-state index in [4.69, 9.17) is 4.74 Å². The highest BCUT2D eigenvalue weighted by Gasteiger charge is 2.32. The van der Waals surface area contributed by atoms with Gasteiger partial charge in [0.1, 0.15) is 29.9 Å². The van der Waals surface area contributed by atoms with Crippen LogP contribution in [0, 0.1) is 0 Å². The third kappa shape index (κ3) is 12.5. The quantitative estimate of drug-likeness (QED) is 0.0991. The molecule has 13 nitrogen and oxygen atoms in total. The third-order valence-electron chi connectivity index (χ3n) is 9.05. The molecular formula is C41H45N5O8S. The molecule has 0 saturated heterocycles. The highest BCUT2D eigenvalue weighted by atomic mass is 32.1. The summed E-state index contributed by atoms with van der Waals surface area (Å²) in [7, 11) is 0. The minimum Gasteiger partial charge on any atom is -0.484 e. The summed E-state index contributed by atoms with van der Waals surface area (Å²) in [5, 5.41) is 25.6. The van der Waals surface area contributed by atoms with E-state index in [0.29, 0.717) is 30.7 Å². The first-order chi connectivity index (χ1) is 26.5. The lowest BCUT2D eigenvalue weighted by molar-refractivity contribution is -0.142. The van der Waals surface area contributed by atoms with Crippen LogP contribution in [0.3, 0.4) is 0 Å². The second kappa shape index (κ2) is 19.9. The number of amides is 5. The van der Waals surface area contributed by atoms with E-state index in [2.05, 4.69) is 26.6 Å². The van der Waals surface area contributed by atoms with Crippen LogP contribution in [-0.2, 0) is 48.0 Å². The number of carbonyl (C=O) groups excluding carboxylic acids is 5. The van der Waals surface area contributed by atoms with Gasteiger partial charge in [0.25, 0.3) is 5.91 Å². The number of hydrogen-bond donors (Lipinski definition) is 6.